The third-order valence-corrected chi connectivity index (χ3v) is 0.622. The average Bonchev–Trinajstić information content (AvgIpc) is 1.59. The first kappa shape index (κ1) is 9.23. The van der Waals surface area contributed by atoms with Gasteiger partial charge in [0.05, 0.1) is 0 Å². The zero-order valence-electron chi connectivity index (χ0n) is 6.47. The third-order valence-electron chi connectivity index (χ3n) is 0.622. The van der Waals surface area contributed by atoms with E-state index in [2.05, 4.69) is 5.32 Å². The highest BCUT2D eigenvalue weighted by Gasteiger charge is 2.14. The summed E-state index contributed by atoms with van der Waals surface area (Å²) in [5, 5.41) is 10.3. The van der Waals surface area contributed by atoms with Crippen LogP contribution in [0.3, 0.4) is 0 Å². The molecule has 0 heterocycles. The molecule has 0 bridgehead atoms. The molecule has 0 aliphatic carbocycles. The molecule has 0 aromatic rings. The van der Waals surface area contributed by atoms with Crippen LogP contribution < -0.4 is 5.32 Å². The minimum Gasteiger partial charge on any atom is -0.444 e. The summed E-state index contributed by atoms with van der Waals surface area (Å²) in [5.74, 6) is 0. The van der Waals surface area contributed by atoms with Crippen LogP contribution in [0.4, 0.5) is 4.79 Å². The van der Waals surface area contributed by atoms with Crippen molar-refractivity contribution >= 4 is 6.09 Å². The molecule has 60 valence electrons. The van der Waals surface area contributed by atoms with Gasteiger partial charge in [0, 0.05) is 0 Å². The van der Waals surface area contributed by atoms with Gasteiger partial charge >= 0.3 is 6.09 Å². The maximum atomic E-state index is 10.6. The van der Waals surface area contributed by atoms with Crippen LogP contribution in [0.25, 0.3) is 0 Å². The van der Waals surface area contributed by atoms with Gasteiger partial charge in [-0.1, -0.05) is 0 Å². The van der Waals surface area contributed by atoms with Gasteiger partial charge in [0.15, 0.2) is 0 Å². The molecular weight excluding hydrogens is 134 g/mol. The number of rotatable bonds is 1. The highest BCUT2D eigenvalue weighted by Crippen LogP contribution is 2.05. The van der Waals surface area contributed by atoms with E-state index < -0.39 is 18.4 Å². The molecule has 0 saturated carbocycles. The van der Waals surface area contributed by atoms with Crippen molar-refractivity contribution in [1.29, 1.82) is 0 Å². The van der Waals surface area contributed by atoms with Gasteiger partial charge in [-0.05, 0) is 20.8 Å². The first-order valence-corrected chi connectivity index (χ1v) is 3.03. The summed E-state index contributed by atoms with van der Waals surface area (Å²) in [7, 11) is 0. The number of alkyl carbamates (subject to hydrolysis) is 1. The standard InChI is InChI=1S/C6H13NO3/c1-6(2,3)10-5(9)7-4-8/h8H,4H2,1-3H3,(H,7,9). The van der Waals surface area contributed by atoms with Gasteiger partial charge in [0.1, 0.15) is 12.3 Å². The number of aliphatic hydroxyl groups excluding tert-OH is 1. The van der Waals surface area contributed by atoms with Crippen LogP contribution in [-0.2, 0) is 4.74 Å². The molecule has 0 aromatic heterocycles. The third kappa shape index (κ3) is 5.37. The summed E-state index contributed by atoms with van der Waals surface area (Å²) in [5.41, 5.74) is -0.501. The van der Waals surface area contributed by atoms with E-state index >= 15 is 0 Å². The van der Waals surface area contributed by atoms with Crippen LogP contribution in [0.15, 0.2) is 0 Å². The van der Waals surface area contributed by atoms with Crippen molar-refractivity contribution < 1.29 is 14.6 Å². The SMILES string of the molecule is CC(C)(C)OC(=O)NCO. The Morgan fingerprint density at radius 1 is 1.60 bits per heavy atom. The Morgan fingerprint density at radius 3 is 2.40 bits per heavy atom. The molecule has 0 aromatic carbocycles. The monoisotopic (exact) mass is 147 g/mol. The second-order valence-electron chi connectivity index (χ2n) is 2.84. The minimum atomic E-state index is -0.602. The fourth-order valence-electron chi connectivity index (χ4n) is 0.379. The molecule has 2 N–H and O–H groups in total. The number of carbonyl (C=O) groups excluding carboxylic acids is 1. The number of carbonyl (C=O) groups is 1. The van der Waals surface area contributed by atoms with Crippen molar-refractivity contribution in [1.82, 2.24) is 5.32 Å². The van der Waals surface area contributed by atoms with E-state index in [0.717, 1.165) is 0 Å². The molecule has 0 unspecified atom stereocenters. The Morgan fingerprint density at radius 2 is 2.10 bits per heavy atom. The molecule has 0 aliphatic heterocycles. The van der Waals surface area contributed by atoms with Crippen molar-refractivity contribution in [2.24, 2.45) is 0 Å². The summed E-state index contributed by atoms with van der Waals surface area (Å²) < 4.78 is 4.77. The number of hydrogen-bond donors (Lipinski definition) is 2. The van der Waals surface area contributed by atoms with E-state index in [1.54, 1.807) is 20.8 Å². The lowest BCUT2D eigenvalue weighted by atomic mass is 10.2. The van der Waals surface area contributed by atoms with Gasteiger partial charge in [0.25, 0.3) is 0 Å². The maximum Gasteiger partial charge on any atom is 0.409 e. The molecule has 0 atom stereocenters. The average molecular weight is 147 g/mol. The van der Waals surface area contributed by atoms with Gasteiger partial charge in [-0.15, -0.1) is 0 Å². The number of aliphatic hydroxyl groups is 1. The number of hydrogen-bond acceptors (Lipinski definition) is 3. The highest BCUT2D eigenvalue weighted by molar-refractivity contribution is 5.67. The minimum absolute atomic E-state index is 0.394. The lowest BCUT2D eigenvalue weighted by molar-refractivity contribution is 0.0475. The molecule has 0 saturated heterocycles. The Labute approximate surface area is 60.2 Å². The molecule has 1 amide bonds. The molecule has 4 heteroatoms. The van der Waals surface area contributed by atoms with Crippen LogP contribution in [0.5, 0.6) is 0 Å². The lowest BCUT2D eigenvalue weighted by Crippen LogP contribution is -2.32. The Bertz CT molecular complexity index is 117. The summed E-state index contributed by atoms with van der Waals surface area (Å²) in [6.07, 6.45) is -0.602. The molecule has 0 spiro atoms. The summed E-state index contributed by atoms with van der Waals surface area (Å²) >= 11 is 0. The topological polar surface area (TPSA) is 58.6 Å². The fraction of sp³-hybridized carbons (Fsp3) is 0.833. The maximum absolute atomic E-state index is 10.6. The summed E-state index contributed by atoms with van der Waals surface area (Å²) in [4.78, 5) is 10.6. The Kier molecular flexibility index (Phi) is 3.15. The second kappa shape index (κ2) is 3.41. The van der Waals surface area contributed by atoms with Crippen LogP contribution in [0.2, 0.25) is 0 Å². The summed E-state index contributed by atoms with van der Waals surface area (Å²) in [6, 6.07) is 0. The Balaban J connectivity index is 3.58. The molecule has 0 aliphatic rings. The molecule has 0 fully saturated rings. The zero-order chi connectivity index (χ0) is 8.20. The van der Waals surface area contributed by atoms with Gasteiger partial charge in [-0.3, -0.25) is 5.32 Å². The first-order valence-electron chi connectivity index (χ1n) is 3.03. The van der Waals surface area contributed by atoms with Crippen LogP contribution in [0.1, 0.15) is 20.8 Å². The molecule has 10 heavy (non-hydrogen) atoms. The molecule has 0 radical (unpaired) electrons. The van der Waals surface area contributed by atoms with Gasteiger partial charge in [-0.25, -0.2) is 4.79 Å². The predicted octanol–water partition coefficient (Wildman–Crippen LogP) is 0.461. The molecular formula is C6H13NO3. The molecule has 4 nitrogen and oxygen atoms in total. The number of ether oxygens (including phenoxy) is 1. The van der Waals surface area contributed by atoms with Crippen molar-refractivity contribution in [2.75, 3.05) is 6.73 Å². The fourth-order valence-corrected chi connectivity index (χ4v) is 0.379. The van der Waals surface area contributed by atoms with Crippen LogP contribution in [-0.4, -0.2) is 23.5 Å². The van der Waals surface area contributed by atoms with E-state index in [0.29, 0.717) is 0 Å². The van der Waals surface area contributed by atoms with Gasteiger partial charge < -0.3 is 9.84 Å². The number of amides is 1. The van der Waals surface area contributed by atoms with E-state index in [1.807, 2.05) is 0 Å². The van der Waals surface area contributed by atoms with E-state index in [1.165, 1.54) is 0 Å². The summed E-state index contributed by atoms with van der Waals surface area (Å²) in [6.45, 7) is 4.87. The van der Waals surface area contributed by atoms with Crippen LogP contribution in [0, 0.1) is 0 Å². The van der Waals surface area contributed by atoms with E-state index in [9.17, 15) is 4.79 Å². The predicted molar refractivity (Wildman–Crippen MR) is 36.5 cm³/mol. The van der Waals surface area contributed by atoms with Gasteiger partial charge in [0.2, 0.25) is 0 Å². The smallest absolute Gasteiger partial charge is 0.409 e. The zero-order valence-corrected chi connectivity index (χ0v) is 6.47. The number of nitrogens with one attached hydrogen (secondary N) is 1. The van der Waals surface area contributed by atoms with Crippen molar-refractivity contribution in [2.45, 2.75) is 26.4 Å². The van der Waals surface area contributed by atoms with E-state index in [4.69, 9.17) is 9.84 Å². The largest absolute Gasteiger partial charge is 0.444 e. The van der Waals surface area contributed by atoms with Gasteiger partial charge in [-0.2, -0.15) is 0 Å². The Hall–Kier alpha value is -0.770. The normalized spacial score (nSPS) is 10.8. The quantitative estimate of drug-likeness (QED) is 0.530. The van der Waals surface area contributed by atoms with Crippen molar-refractivity contribution in [3.8, 4) is 0 Å². The van der Waals surface area contributed by atoms with Crippen LogP contribution >= 0.6 is 0 Å². The second-order valence-corrected chi connectivity index (χ2v) is 2.84. The van der Waals surface area contributed by atoms with Crippen molar-refractivity contribution in [3.05, 3.63) is 0 Å². The lowest BCUT2D eigenvalue weighted by Gasteiger charge is -2.18. The van der Waals surface area contributed by atoms with Crippen molar-refractivity contribution in [3.63, 3.8) is 0 Å². The first-order chi connectivity index (χ1) is 4.45. The molecule has 0 rings (SSSR count). The van der Waals surface area contributed by atoms with E-state index in [-0.39, 0.29) is 0 Å². The highest BCUT2D eigenvalue weighted by atomic mass is 16.6.